The highest BCUT2D eigenvalue weighted by Gasteiger charge is 2.44. The van der Waals surface area contributed by atoms with Crippen molar-refractivity contribution in [3.63, 3.8) is 0 Å². The molecule has 1 aromatic heterocycles. The first kappa shape index (κ1) is 22.6. The number of aromatic nitrogens is 1. The van der Waals surface area contributed by atoms with Gasteiger partial charge in [-0.05, 0) is 36.6 Å². The van der Waals surface area contributed by atoms with Crippen molar-refractivity contribution < 1.29 is 14.3 Å². The fourth-order valence-electron chi connectivity index (χ4n) is 5.16. The molecule has 0 unspecified atom stereocenters. The zero-order valence-electron chi connectivity index (χ0n) is 19.4. The van der Waals surface area contributed by atoms with Crippen LogP contribution >= 0.6 is 11.3 Å². The van der Waals surface area contributed by atoms with Crippen LogP contribution in [0, 0.1) is 0 Å². The predicted molar refractivity (Wildman–Crippen MR) is 133 cm³/mol. The number of rotatable bonds is 7. The summed E-state index contributed by atoms with van der Waals surface area (Å²) < 4.78 is 5.30. The molecule has 1 aliphatic carbocycles. The molecule has 2 aromatic carbocycles. The molecule has 1 fully saturated rings. The average molecular weight is 476 g/mol. The van der Waals surface area contributed by atoms with Gasteiger partial charge in [0.2, 0.25) is 5.91 Å². The Labute approximate surface area is 204 Å². The van der Waals surface area contributed by atoms with Gasteiger partial charge >= 0.3 is 0 Å². The molecule has 0 radical (unpaired) electrons. The predicted octanol–water partition coefficient (Wildman–Crippen LogP) is 4.84. The summed E-state index contributed by atoms with van der Waals surface area (Å²) in [6.45, 7) is 1.11. The Morgan fingerprint density at radius 3 is 2.76 bits per heavy atom. The Morgan fingerprint density at radius 1 is 1.15 bits per heavy atom. The Hall–Kier alpha value is -3.19. The molecule has 2 aliphatic rings. The van der Waals surface area contributed by atoms with E-state index < -0.39 is 0 Å². The molecule has 0 spiro atoms. The van der Waals surface area contributed by atoms with Crippen molar-refractivity contribution in [1.82, 2.24) is 15.2 Å². The minimum absolute atomic E-state index is 0.0587. The lowest BCUT2D eigenvalue weighted by atomic mass is 9.80. The second kappa shape index (κ2) is 9.58. The molecule has 1 N–H and O–H groups in total. The van der Waals surface area contributed by atoms with Crippen molar-refractivity contribution in [3.8, 4) is 16.3 Å². The van der Waals surface area contributed by atoms with Crippen LogP contribution in [0.5, 0.6) is 5.75 Å². The molecule has 1 saturated carbocycles. The first-order chi connectivity index (χ1) is 16.6. The molecule has 176 valence electrons. The van der Waals surface area contributed by atoms with Crippen LogP contribution < -0.4 is 10.1 Å². The molecule has 0 saturated heterocycles. The number of nitrogens with zero attached hydrogens (tertiary/aromatic N) is 2. The van der Waals surface area contributed by atoms with Crippen molar-refractivity contribution in [1.29, 1.82) is 0 Å². The molecule has 2 amide bonds. The maximum atomic E-state index is 13.2. The smallest absolute Gasteiger partial charge is 0.255 e. The topological polar surface area (TPSA) is 71.5 Å². The van der Waals surface area contributed by atoms with Crippen LogP contribution in [0.1, 0.15) is 53.7 Å². The van der Waals surface area contributed by atoms with Crippen LogP contribution in [0.25, 0.3) is 10.6 Å². The van der Waals surface area contributed by atoms with E-state index in [0.29, 0.717) is 13.1 Å². The van der Waals surface area contributed by atoms with Gasteiger partial charge in [0.15, 0.2) is 0 Å². The number of carbonyl (C=O) groups excluding carboxylic acids is 2. The lowest BCUT2D eigenvalue weighted by Crippen LogP contribution is -2.57. The van der Waals surface area contributed by atoms with Crippen LogP contribution in [0.2, 0.25) is 0 Å². The summed E-state index contributed by atoms with van der Waals surface area (Å²) in [5.74, 6) is 0.814. The zero-order chi connectivity index (χ0) is 23.5. The number of nitrogens with one attached hydrogen (secondary N) is 1. The van der Waals surface area contributed by atoms with Crippen LogP contribution in [0.3, 0.4) is 0 Å². The van der Waals surface area contributed by atoms with E-state index in [1.807, 2.05) is 58.8 Å². The average Bonchev–Trinajstić information content (AvgIpc) is 3.48. The third-order valence-corrected chi connectivity index (χ3v) is 7.94. The Bertz CT molecular complexity index is 1200. The van der Waals surface area contributed by atoms with E-state index in [2.05, 4.69) is 10.3 Å². The van der Waals surface area contributed by atoms with Gasteiger partial charge in [-0.15, -0.1) is 11.3 Å². The van der Waals surface area contributed by atoms with Gasteiger partial charge in [0.25, 0.3) is 5.91 Å². The SMILES string of the molecule is COc1cccc(-c2nc(CC(=O)NCC3(N4Cc5ccccc5C4=O)CCCCC3)cs2)c1. The van der Waals surface area contributed by atoms with E-state index >= 15 is 0 Å². The number of ether oxygens (including phenoxy) is 1. The Balaban J connectivity index is 1.25. The number of methoxy groups -OCH3 is 1. The van der Waals surface area contributed by atoms with Crippen LogP contribution in [-0.4, -0.2) is 40.9 Å². The van der Waals surface area contributed by atoms with Gasteiger partial charge in [-0.2, -0.15) is 0 Å². The standard InChI is InChI=1S/C27H29N3O3S/c1-33-22-10-7-9-19(14-22)25-29-21(17-34-25)15-24(31)28-18-27(12-5-2-6-13-27)30-16-20-8-3-4-11-23(20)26(30)32/h3-4,7-11,14,17H,2,5-6,12-13,15-16,18H2,1H3,(H,28,31). The van der Waals surface area contributed by atoms with Crippen molar-refractivity contribution in [2.24, 2.45) is 0 Å². The Morgan fingerprint density at radius 2 is 1.97 bits per heavy atom. The Kier molecular flexibility index (Phi) is 6.37. The molecule has 3 aromatic rings. The van der Waals surface area contributed by atoms with Gasteiger partial charge in [-0.3, -0.25) is 9.59 Å². The maximum Gasteiger partial charge on any atom is 0.255 e. The first-order valence-electron chi connectivity index (χ1n) is 11.8. The lowest BCUT2D eigenvalue weighted by molar-refractivity contribution is -0.121. The normalized spacial score (nSPS) is 16.9. The summed E-state index contributed by atoms with van der Waals surface area (Å²) in [5, 5.41) is 5.95. The third-order valence-electron chi connectivity index (χ3n) is 7.00. The van der Waals surface area contributed by atoms with Gasteiger partial charge in [0.1, 0.15) is 10.8 Å². The highest BCUT2D eigenvalue weighted by molar-refractivity contribution is 7.13. The second-order valence-corrected chi connectivity index (χ2v) is 10.0. The van der Waals surface area contributed by atoms with Gasteiger partial charge in [-0.25, -0.2) is 4.98 Å². The minimum Gasteiger partial charge on any atom is -0.497 e. The van der Waals surface area contributed by atoms with Gasteiger partial charge < -0.3 is 15.0 Å². The quantitative estimate of drug-likeness (QED) is 0.531. The summed E-state index contributed by atoms with van der Waals surface area (Å²) >= 11 is 1.52. The fraction of sp³-hybridized carbons (Fsp3) is 0.370. The maximum absolute atomic E-state index is 13.2. The van der Waals surface area contributed by atoms with E-state index in [1.54, 1.807) is 7.11 Å². The minimum atomic E-state index is -0.322. The van der Waals surface area contributed by atoms with Crippen LogP contribution in [-0.2, 0) is 17.8 Å². The summed E-state index contributed by atoms with van der Waals surface area (Å²) in [6.07, 6.45) is 5.40. The van der Waals surface area contributed by atoms with Crippen LogP contribution in [0.4, 0.5) is 0 Å². The molecule has 34 heavy (non-hydrogen) atoms. The molecule has 7 heteroatoms. The van der Waals surface area contributed by atoms with Gasteiger partial charge in [-0.1, -0.05) is 49.6 Å². The molecule has 5 rings (SSSR count). The number of hydrogen-bond acceptors (Lipinski definition) is 5. The van der Waals surface area contributed by atoms with Crippen molar-refractivity contribution in [2.75, 3.05) is 13.7 Å². The lowest BCUT2D eigenvalue weighted by Gasteiger charge is -2.44. The molecular formula is C27H29N3O3S. The fourth-order valence-corrected chi connectivity index (χ4v) is 5.97. The molecule has 1 aliphatic heterocycles. The number of thiazole rings is 1. The molecule has 6 nitrogen and oxygen atoms in total. The summed E-state index contributed by atoms with van der Waals surface area (Å²) in [7, 11) is 1.64. The van der Waals surface area contributed by atoms with Crippen molar-refractivity contribution in [2.45, 2.75) is 50.6 Å². The second-order valence-electron chi connectivity index (χ2n) is 9.16. The van der Waals surface area contributed by atoms with E-state index in [4.69, 9.17) is 4.74 Å². The number of benzene rings is 2. The number of fused-ring (bicyclic) bond motifs is 1. The number of carbonyl (C=O) groups is 2. The highest BCUT2D eigenvalue weighted by atomic mass is 32.1. The third kappa shape index (κ3) is 4.44. The molecule has 2 heterocycles. The molecule has 0 bridgehead atoms. The van der Waals surface area contributed by atoms with Crippen molar-refractivity contribution in [3.05, 3.63) is 70.7 Å². The molecule has 0 atom stereocenters. The van der Waals surface area contributed by atoms with Crippen LogP contribution in [0.15, 0.2) is 53.9 Å². The van der Waals surface area contributed by atoms with E-state index in [9.17, 15) is 9.59 Å². The van der Waals surface area contributed by atoms with Crippen molar-refractivity contribution >= 4 is 23.2 Å². The first-order valence-corrected chi connectivity index (χ1v) is 12.7. The zero-order valence-corrected chi connectivity index (χ0v) is 20.2. The van der Waals surface area contributed by atoms with Gasteiger partial charge in [0, 0.05) is 29.6 Å². The monoisotopic (exact) mass is 475 g/mol. The number of hydrogen-bond donors (Lipinski definition) is 1. The molecular weight excluding hydrogens is 446 g/mol. The van der Waals surface area contributed by atoms with E-state index in [1.165, 1.54) is 17.8 Å². The highest BCUT2D eigenvalue weighted by Crippen LogP contribution is 2.38. The van der Waals surface area contributed by atoms with Gasteiger partial charge in [0.05, 0.1) is 24.8 Å². The number of amides is 2. The summed E-state index contributed by atoms with van der Waals surface area (Å²) in [4.78, 5) is 32.8. The largest absolute Gasteiger partial charge is 0.497 e. The van der Waals surface area contributed by atoms with E-state index in [0.717, 1.165) is 58.8 Å². The van der Waals surface area contributed by atoms with E-state index in [-0.39, 0.29) is 23.8 Å². The summed E-state index contributed by atoms with van der Waals surface area (Å²) in [5.41, 5.74) is 3.28. The summed E-state index contributed by atoms with van der Waals surface area (Å²) in [6, 6.07) is 15.6.